The number of fused-ring (bicyclic) bond motifs is 4. The lowest BCUT2D eigenvalue weighted by Crippen LogP contribution is -2.23. The smallest absolute Gasteiger partial charge is 0.264 e. The molecule has 1 unspecified atom stereocenters. The predicted molar refractivity (Wildman–Crippen MR) is 147 cm³/mol. The number of nitrogens with one attached hydrogen (secondary N) is 2. The van der Waals surface area contributed by atoms with Gasteiger partial charge in [0.1, 0.15) is 11.9 Å². The van der Waals surface area contributed by atoms with Gasteiger partial charge in [0.2, 0.25) is 11.8 Å². The second-order valence-electron chi connectivity index (χ2n) is 10.4. The highest BCUT2D eigenvalue weighted by atomic mass is 32.2. The molecule has 9 nitrogen and oxygen atoms in total. The van der Waals surface area contributed by atoms with Crippen LogP contribution in [0.25, 0.3) is 11.3 Å². The molecular weight excluding hydrogens is 500 g/mol. The molecule has 0 saturated carbocycles. The van der Waals surface area contributed by atoms with Crippen LogP contribution in [0.5, 0.6) is 5.88 Å². The van der Waals surface area contributed by atoms with Crippen LogP contribution in [0.2, 0.25) is 0 Å². The number of benzene rings is 2. The largest absolute Gasteiger partial charge is 0.467 e. The second-order valence-corrected chi connectivity index (χ2v) is 12.1. The van der Waals surface area contributed by atoms with Gasteiger partial charge in [0, 0.05) is 40.7 Å². The van der Waals surface area contributed by atoms with Crippen LogP contribution in [0.15, 0.2) is 65.8 Å². The normalized spacial score (nSPS) is 16.7. The molecule has 0 radical (unpaired) electrons. The average Bonchev–Trinajstić information content (AvgIpc) is 2.85. The van der Waals surface area contributed by atoms with E-state index in [4.69, 9.17) is 4.74 Å². The number of hydrogen-bond donors (Lipinski definition) is 2. The minimum absolute atomic E-state index is 0.0721. The fourth-order valence-electron chi connectivity index (χ4n) is 4.31. The first kappa shape index (κ1) is 25.6. The first-order valence-corrected chi connectivity index (χ1v) is 13.8. The lowest BCUT2D eigenvalue weighted by Gasteiger charge is -2.23. The summed E-state index contributed by atoms with van der Waals surface area (Å²) in [5, 5.41) is 3.29. The van der Waals surface area contributed by atoms with Crippen molar-refractivity contribution in [2.24, 2.45) is 0 Å². The van der Waals surface area contributed by atoms with E-state index in [0.717, 1.165) is 28.1 Å². The summed E-state index contributed by atoms with van der Waals surface area (Å²) in [5.74, 6) is 0.884. The molecule has 1 aliphatic rings. The monoisotopic (exact) mass is 530 g/mol. The summed E-state index contributed by atoms with van der Waals surface area (Å²) in [5.41, 5.74) is 4.65. The van der Waals surface area contributed by atoms with Gasteiger partial charge >= 0.3 is 0 Å². The third-order valence-electron chi connectivity index (χ3n) is 6.28. The molecule has 2 N–H and O–H groups in total. The fourth-order valence-corrected chi connectivity index (χ4v) is 5.29. The van der Waals surface area contributed by atoms with Crippen LogP contribution in [-0.2, 0) is 15.4 Å². The summed E-state index contributed by atoms with van der Waals surface area (Å²) in [4.78, 5) is 18.2. The molecular formula is C28H30N6O3S. The molecule has 0 amide bonds. The SMILES string of the molecule is Cc1cccc(C)c1-c1cc2nc(n1)NS(=O)(=O)c1cccc(c1)NCC(c1cnc(C(C)(C)C)nc1)O2. The Balaban J connectivity index is 1.65. The highest BCUT2D eigenvalue weighted by molar-refractivity contribution is 7.92. The van der Waals surface area contributed by atoms with Crippen LogP contribution in [0, 0.1) is 13.8 Å². The molecule has 1 aliphatic heterocycles. The molecule has 5 rings (SSSR count). The van der Waals surface area contributed by atoms with E-state index < -0.39 is 16.1 Å². The number of sulfonamides is 1. The number of aryl methyl sites for hydroxylation is 2. The Morgan fingerprint density at radius 2 is 1.63 bits per heavy atom. The summed E-state index contributed by atoms with van der Waals surface area (Å²) < 4.78 is 35.3. The second kappa shape index (κ2) is 9.68. The quantitative estimate of drug-likeness (QED) is 0.363. The van der Waals surface area contributed by atoms with Crippen LogP contribution in [0.4, 0.5) is 11.6 Å². The Bertz CT molecular complexity index is 1580. The first-order valence-electron chi connectivity index (χ1n) is 12.3. The number of nitrogens with zero attached hydrogens (tertiary/aromatic N) is 4. The van der Waals surface area contributed by atoms with E-state index in [9.17, 15) is 8.42 Å². The lowest BCUT2D eigenvalue weighted by molar-refractivity contribution is 0.209. The van der Waals surface area contributed by atoms with Crippen molar-refractivity contribution in [3.8, 4) is 17.1 Å². The van der Waals surface area contributed by atoms with Crippen molar-refractivity contribution in [3.05, 3.63) is 83.4 Å². The molecule has 0 saturated heterocycles. The summed E-state index contributed by atoms with van der Waals surface area (Å²) in [7, 11) is -3.94. The molecule has 0 aliphatic carbocycles. The molecule has 0 spiro atoms. The van der Waals surface area contributed by atoms with E-state index >= 15 is 0 Å². The zero-order chi connectivity index (χ0) is 27.1. The Hall–Kier alpha value is -4.05. The van der Waals surface area contributed by atoms with Crippen molar-refractivity contribution >= 4 is 21.7 Å². The molecule has 2 aromatic carbocycles. The van der Waals surface area contributed by atoms with Crippen molar-refractivity contribution < 1.29 is 13.2 Å². The van der Waals surface area contributed by atoms with Gasteiger partial charge in [0.05, 0.1) is 17.1 Å². The standard InChI is InChI=1S/C28H30N6O3S/c1-17-8-6-9-18(2)25(17)22-13-24-33-27(32-22)34-38(35,36)21-11-7-10-20(12-21)29-16-23(37-24)19-14-30-26(31-15-19)28(3,4)5/h6-15,23,29H,16H2,1-5H3,(H,32,33,34). The van der Waals surface area contributed by atoms with Crippen molar-refractivity contribution in [2.75, 3.05) is 16.6 Å². The minimum atomic E-state index is -3.94. The molecule has 10 heteroatoms. The van der Waals surface area contributed by atoms with Crippen molar-refractivity contribution in [2.45, 2.75) is 51.0 Å². The predicted octanol–water partition coefficient (Wildman–Crippen LogP) is 5.19. The fraction of sp³-hybridized carbons (Fsp3) is 0.286. The van der Waals surface area contributed by atoms with Gasteiger partial charge in [-0.15, -0.1) is 0 Å². The van der Waals surface area contributed by atoms with E-state index in [1.54, 1.807) is 36.7 Å². The topological polar surface area (TPSA) is 119 Å². The van der Waals surface area contributed by atoms with Crippen molar-refractivity contribution in [1.29, 1.82) is 0 Å². The summed E-state index contributed by atoms with van der Waals surface area (Å²) in [6, 6.07) is 14.3. The maximum atomic E-state index is 13.2. The van der Waals surface area contributed by atoms with E-state index in [2.05, 4.69) is 50.7 Å². The molecule has 1 atom stereocenters. The maximum absolute atomic E-state index is 13.2. The molecule has 2 aromatic heterocycles. The third-order valence-corrected chi connectivity index (χ3v) is 7.60. The van der Waals surface area contributed by atoms with Crippen LogP contribution in [0.3, 0.4) is 0 Å². The number of ether oxygens (including phenoxy) is 1. The first-order chi connectivity index (χ1) is 18.0. The number of hydrogen-bond acceptors (Lipinski definition) is 8. The van der Waals surface area contributed by atoms with Gasteiger partial charge in [-0.05, 0) is 43.2 Å². The van der Waals surface area contributed by atoms with E-state index in [1.807, 2.05) is 32.0 Å². The van der Waals surface area contributed by atoms with Gasteiger partial charge in [-0.25, -0.2) is 28.1 Å². The Morgan fingerprint density at radius 1 is 0.947 bits per heavy atom. The van der Waals surface area contributed by atoms with E-state index in [1.165, 1.54) is 6.07 Å². The average molecular weight is 531 g/mol. The van der Waals surface area contributed by atoms with Gasteiger partial charge < -0.3 is 10.1 Å². The number of aromatic nitrogens is 4. The maximum Gasteiger partial charge on any atom is 0.264 e. The van der Waals surface area contributed by atoms with Gasteiger partial charge in [-0.2, -0.15) is 4.98 Å². The molecule has 0 fully saturated rings. The zero-order valence-electron chi connectivity index (χ0n) is 22.0. The van der Waals surface area contributed by atoms with E-state index in [-0.39, 0.29) is 22.1 Å². The van der Waals surface area contributed by atoms with Gasteiger partial charge in [-0.1, -0.05) is 45.0 Å². The van der Waals surface area contributed by atoms with Gasteiger partial charge in [0.25, 0.3) is 10.0 Å². The van der Waals surface area contributed by atoms with Gasteiger partial charge in [0.15, 0.2) is 0 Å². The molecule has 196 valence electrons. The lowest BCUT2D eigenvalue weighted by atomic mass is 9.95. The van der Waals surface area contributed by atoms with Crippen LogP contribution >= 0.6 is 0 Å². The molecule has 38 heavy (non-hydrogen) atoms. The minimum Gasteiger partial charge on any atom is -0.467 e. The number of rotatable bonds is 2. The third kappa shape index (κ3) is 5.31. The van der Waals surface area contributed by atoms with Crippen molar-refractivity contribution in [3.63, 3.8) is 0 Å². The zero-order valence-corrected chi connectivity index (χ0v) is 22.8. The molecule has 3 heterocycles. The number of anilines is 2. The van der Waals surface area contributed by atoms with Crippen LogP contribution in [-0.4, -0.2) is 34.9 Å². The molecule has 4 aromatic rings. The van der Waals surface area contributed by atoms with Crippen molar-refractivity contribution in [1.82, 2.24) is 19.9 Å². The Kier molecular flexibility index (Phi) is 6.52. The summed E-state index contributed by atoms with van der Waals surface area (Å²) >= 11 is 0. The van der Waals surface area contributed by atoms with Crippen LogP contribution in [0.1, 0.15) is 49.4 Å². The highest BCUT2D eigenvalue weighted by Crippen LogP contribution is 2.32. The highest BCUT2D eigenvalue weighted by Gasteiger charge is 2.24. The van der Waals surface area contributed by atoms with Gasteiger partial charge in [-0.3, -0.25) is 0 Å². The summed E-state index contributed by atoms with van der Waals surface area (Å²) in [6.07, 6.45) is 3.01. The Labute approximate surface area is 222 Å². The van der Waals surface area contributed by atoms with Crippen LogP contribution < -0.4 is 14.8 Å². The Morgan fingerprint density at radius 3 is 2.32 bits per heavy atom. The summed E-state index contributed by atoms with van der Waals surface area (Å²) in [6.45, 7) is 10.5. The van der Waals surface area contributed by atoms with E-state index in [0.29, 0.717) is 17.9 Å². The molecule has 4 bridgehead atoms.